The third-order valence-electron chi connectivity index (χ3n) is 4.24. The van der Waals surface area contributed by atoms with Crippen LogP contribution in [0.3, 0.4) is 0 Å². The first-order valence-electron chi connectivity index (χ1n) is 8.67. The van der Waals surface area contributed by atoms with Gasteiger partial charge in [-0.15, -0.1) is 0 Å². The number of anilines is 2. The van der Waals surface area contributed by atoms with Gasteiger partial charge in [0.2, 0.25) is 11.8 Å². The number of rotatable bonds is 6. The van der Waals surface area contributed by atoms with Gasteiger partial charge < -0.3 is 16.0 Å². The van der Waals surface area contributed by atoms with Crippen LogP contribution in [-0.4, -0.2) is 24.3 Å². The number of halogens is 1. The van der Waals surface area contributed by atoms with E-state index < -0.39 is 17.6 Å². The van der Waals surface area contributed by atoms with Crippen LogP contribution < -0.4 is 16.0 Å². The first-order valence-corrected chi connectivity index (χ1v) is 8.67. The fraction of sp³-hybridized carbons (Fsp3) is 0.250. The van der Waals surface area contributed by atoms with Crippen LogP contribution in [0.15, 0.2) is 42.5 Å². The standard InChI is InChI=1S/C20H20FN3O3/c1-12-2-9-16(23-20(27)14-3-4-14)10-17(12)24-18(25)11-22-19(26)13-5-7-15(21)8-6-13/h2,5-10,14H,3-4,11H2,1H3,(H,22,26)(H,23,27)(H,24,25). The van der Waals surface area contributed by atoms with E-state index in [1.807, 2.05) is 6.92 Å². The van der Waals surface area contributed by atoms with Crippen molar-refractivity contribution >= 4 is 29.1 Å². The van der Waals surface area contributed by atoms with E-state index in [-0.39, 0.29) is 23.9 Å². The van der Waals surface area contributed by atoms with Crippen LogP contribution >= 0.6 is 0 Å². The second kappa shape index (κ2) is 7.99. The Morgan fingerprint density at radius 2 is 1.74 bits per heavy atom. The van der Waals surface area contributed by atoms with Crippen LogP contribution in [0.5, 0.6) is 0 Å². The van der Waals surface area contributed by atoms with E-state index in [4.69, 9.17) is 0 Å². The van der Waals surface area contributed by atoms with Crippen molar-refractivity contribution in [2.24, 2.45) is 5.92 Å². The number of hydrogen-bond acceptors (Lipinski definition) is 3. The van der Waals surface area contributed by atoms with E-state index in [1.165, 1.54) is 24.3 Å². The van der Waals surface area contributed by atoms with Crippen molar-refractivity contribution < 1.29 is 18.8 Å². The maximum atomic E-state index is 12.9. The fourth-order valence-corrected chi connectivity index (χ4v) is 2.48. The molecule has 6 nitrogen and oxygen atoms in total. The molecule has 3 amide bonds. The van der Waals surface area contributed by atoms with Gasteiger partial charge in [-0.2, -0.15) is 0 Å². The Hall–Kier alpha value is -3.22. The Bertz CT molecular complexity index is 877. The number of aryl methyl sites for hydroxylation is 1. The summed E-state index contributed by atoms with van der Waals surface area (Å²) in [7, 11) is 0. The molecule has 140 valence electrons. The number of benzene rings is 2. The van der Waals surface area contributed by atoms with Gasteiger partial charge >= 0.3 is 0 Å². The minimum Gasteiger partial charge on any atom is -0.343 e. The Morgan fingerprint density at radius 1 is 1.04 bits per heavy atom. The third kappa shape index (κ3) is 5.13. The van der Waals surface area contributed by atoms with Crippen molar-refractivity contribution in [2.75, 3.05) is 17.2 Å². The van der Waals surface area contributed by atoms with Crippen molar-refractivity contribution in [3.05, 3.63) is 59.4 Å². The predicted molar refractivity (Wildman–Crippen MR) is 99.9 cm³/mol. The van der Waals surface area contributed by atoms with E-state index in [2.05, 4.69) is 16.0 Å². The van der Waals surface area contributed by atoms with E-state index in [0.29, 0.717) is 11.4 Å². The summed E-state index contributed by atoms with van der Waals surface area (Å²) in [6.07, 6.45) is 1.82. The zero-order valence-corrected chi connectivity index (χ0v) is 14.8. The highest BCUT2D eigenvalue weighted by molar-refractivity contribution is 6.00. The van der Waals surface area contributed by atoms with Gasteiger partial charge in [0.25, 0.3) is 5.91 Å². The summed E-state index contributed by atoms with van der Waals surface area (Å²) in [5, 5.41) is 8.03. The SMILES string of the molecule is Cc1ccc(NC(=O)C2CC2)cc1NC(=O)CNC(=O)c1ccc(F)cc1. The van der Waals surface area contributed by atoms with E-state index >= 15 is 0 Å². The van der Waals surface area contributed by atoms with Gasteiger partial charge in [0, 0.05) is 22.9 Å². The van der Waals surface area contributed by atoms with Crippen LogP contribution in [0.25, 0.3) is 0 Å². The highest BCUT2D eigenvalue weighted by Gasteiger charge is 2.29. The molecule has 3 rings (SSSR count). The van der Waals surface area contributed by atoms with E-state index in [0.717, 1.165) is 18.4 Å². The maximum absolute atomic E-state index is 12.9. The van der Waals surface area contributed by atoms with Gasteiger partial charge in [0.1, 0.15) is 5.82 Å². The molecule has 0 aromatic heterocycles. The normalized spacial score (nSPS) is 13.0. The average Bonchev–Trinajstić information content (AvgIpc) is 3.48. The van der Waals surface area contributed by atoms with Crippen molar-refractivity contribution in [3.63, 3.8) is 0 Å². The Kier molecular flexibility index (Phi) is 5.49. The second-order valence-corrected chi connectivity index (χ2v) is 6.53. The number of carbonyl (C=O) groups is 3. The molecule has 1 aliphatic rings. The van der Waals surface area contributed by atoms with Gasteiger partial charge in [-0.25, -0.2) is 4.39 Å². The molecule has 1 saturated carbocycles. The molecule has 0 atom stereocenters. The molecule has 1 aliphatic carbocycles. The molecule has 0 heterocycles. The summed E-state index contributed by atoms with van der Waals surface area (Å²) in [4.78, 5) is 36.0. The zero-order chi connectivity index (χ0) is 19.4. The lowest BCUT2D eigenvalue weighted by molar-refractivity contribution is -0.117. The van der Waals surface area contributed by atoms with Gasteiger partial charge in [0.15, 0.2) is 0 Å². The Morgan fingerprint density at radius 3 is 2.41 bits per heavy atom. The molecule has 0 saturated heterocycles. The maximum Gasteiger partial charge on any atom is 0.251 e. The molecule has 3 N–H and O–H groups in total. The molecule has 2 aromatic carbocycles. The fourth-order valence-electron chi connectivity index (χ4n) is 2.48. The lowest BCUT2D eigenvalue weighted by atomic mass is 10.1. The van der Waals surface area contributed by atoms with E-state index in [1.54, 1.807) is 18.2 Å². The summed E-state index contributed by atoms with van der Waals surface area (Å²) in [6.45, 7) is 1.60. The average molecular weight is 369 g/mol. The number of carbonyl (C=O) groups excluding carboxylic acids is 3. The second-order valence-electron chi connectivity index (χ2n) is 6.53. The molecule has 0 radical (unpaired) electrons. The van der Waals surface area contributed by atoms with E-state index in [9.17, 15) is 18.8 Å². The molecular weight excluding hydrogens is 349 g/mol. The molecule has 0 bridgehead atoms. The Balaban J connectivity index is 1.55. The number of amides is 3. The number of nitrogens with one attached hydrogen (secondary N) is 3. The van der Waals surface area contributed by atoms with Crippen molar-refractivity contribution in [2.45, 2.75) is 19.8 Å². The zero-order valence-electron chi connectivity index (χ0n) is 14.8. The molecule has 1 fully saturated rings. The topological polar surface area (TPSA) is 87.3 Å². The highest BCUT2D eigenvalue weighted by atomic mass is 19.1. The molecule has 2 aromatic rings. The minimum atomic E-state index is -0.465. The Labute approximate surface area is 156 Å². The first kappa shape index (κ1) is 18.6. The third-order valence-corrected chi connectivity index (χ3v) is 4.24. The summed E-state index contributed by atoms with van der Waals surface area (Å²) in [5.41, 5.74) is 2.27. The van der Waals surface area contributed by atoms with Crippen LogP contribution in [0.1, 0.15) is 28.8 Å². The summed E-state index contributed by atoms with van der Waals surface area (Å²) >= 11 is 0. The molecule has 0 spiro atoms. The first-order chi connectivity index (χ1) is 12.9. The monoisotopic (exact) mass is 369 g/mol. The van der Waals surface area contributed by atoms with Crippen LogP contribution in [0.2, 0.25) is 0 Å². The largest absolute Gasteiger partial charge is 0.343 e. The summed E-state index contributed by atoms with van der Waals surface area (Å²) in [6, 6.07) is 10.3. The quantitative estimate of drug-likeness (QED) is 0.732. The predicted octanol–water partition coefficient (Wildman–Crippen LogP) is 2.85. The number of hydrogen-bond donors (Lipinski definition) is 3. The van der Waals surface area contributed by atoms with Crippen LogP contribution in [0, 0.1) is 18.7 Å². The van der Waals surface area contributed by atoms with Crippen LogP contribution in [-0.2, 0) is 9.59 Å². The lowest BCUT2D eigenvalue weighted by Crippen LogP contribution is -2.33. The van der Waals surface area contributed by atoms with Gasteiger partial charge in [-0.3, -0.25) is 14.4 Å². The minimum absolute atomic E-state index is 0.0114. The smallest absolute Gasteiger partial charge is 0.251 e. The molecule has 0 unspecified atom stereocenters. The van der Waals surface area contributed by atoms with Crippen molar-refractivity contribution in [3.8, 4) is 0 Å². The molecule has 7 heteroatoms. The lowest BCUT2D eigenvalue weighted by Gasteiger charge is -2.12. The highest BCUT2D eigenvalue weighted by Crippen LogP contribution is 2.30. The molecule has 0 aliphatic heterocycles. The van der Waals surface area contributed by atoms with Crippen molar-refractivity contribution in [1.82, 2.24) is 5.32 Å². The van der Waals surface area contributed by atoms with Gasteiger partial charge in [0.05, 0.1) is 6.54 Å². The van der Waals surface area contributed by atoms with Gasteiger partial charge in [-0.05, 0) is 61.7 Å². The van der Waals surface area contributed by atoms with Crippen LogP contribution in [0.4, 0.5) is 15.8 Å². The molecular formula is C20H20FN3O3. The van der Waals surface area contributed by atoms with Crippen molar-refractivity contribution in [1.29, 1.82) is 0 Å². The molecule has 27 heavy (non-hydrogen) atoms. The summed E-state index contributed by atoms with van der Waals surface area (Å²) < 4.78 is 12.9. The van der Waals surface area contributed by atoms with Gasteiger partial charge in [-0.1, -0.05) is 6.07 Å². The summed E-state index contributed by atoms with van der Waals surface area (Å²) in [5.74, 6) is -1.23.